The lowest BCUT2D eigenvalue weighted by Crippen LogP contribution is -2.51. The molecule has 5 nitrogen and oxygen atoms in total. The zero-order valence-corrected chi connectivity index (χ0v) is 19.5. The van der Waals surface area contributed by atoms with E-state index in [1.54, 1.807) is 6.08 Å². The zero-order chi connectivity index (χ0) is 22.2. The maximum Gasteiger partial charge on any atom is 0.172 e. The van der Waals surface area contributed by atoms with Gasteiger partial charge >= 0.3 is 0 Å². The molecule has 2 saturated heterocycles. The van der Waals surface area contributed by atoms with Crippen LogP contribution in [0, 0.1) is 0 Å². The van der Waals surface area contributed by atoms with Gasteiger partial charge in [-0.3, -0.25) is 4.79 Å². The summed E-state index contributed by atoms with van der Waals surface area (Å²) in [6.45, 7) is 2.26. The maximum absolute atomic E-state index is 11.6. The van der Waals surface area contributed by atoms with E-state index in [0.717, 1.165) is 12.8 Å². The number of ketones is 1. The van der Waals surface area contributed by atoms with Crippen LogP contribution in [0.4, 0.5) is 0 Å². The summed E-state index contributed by atoms with van der Waals surface area (Å²) >= 11 is 0. The molecule has 3 aliphatic rings. The monoisotopic (exact) mass is 436 g/mol. The largest absolute Gasteiger partial charge is 0.393 e. The lowest BCUT2D eigenvalue weighted by Gasteiger charge is -2.43. The van der Waals surface area contributed by atoms with Gasteiger partial charge in [0.15, 0.2) is 11.6 Å². The van der Waals surface area contributed by atoms with Gasteiger partial charge in [0.2, 0.25) is 0 Å². The number of hydrogen-bond donors (Lipinski definition) is 2. The molecular formula is C26H44O5. The first-order valence-electron chi connectivity index (χ1n) is 12.9. The molecule has 5 atom stereocenters. The van der Waals surface area contributed by atoms with E-state index in [2.05, 4.69) is 6.92 Å². The highest BCUT2D eigenvalue weighted by Gasteiger charge is 2.56. The Balaban J connectivity index is 1.34. The van der Waals surface area contributed by atoms with Gasteiger partial charge in [-0.2, -0.15) is 0 Å². The highest BCUT2D eigenvalue weighted by Crippen LogP contribution is 2.49. The topological polar surface area (TPSA) is 76.0 Å². The van der Waals surface area contributed by atoms with Crippen molar-refractivity contribution < 1.29 is 24.5 Å². The second-order valence-corrected chi connectivity index (χ2v) is 10.1. The van der Waals surface area contributed by atoms with Crippen LogP contribution in [-0.2, 0) is 14.3 Å². The number of allylic oxidation sites excluding steroid dienone is 1. The third-order valence-corrected chi connectivity index (χ3v) is 7.38. The number of carbonyl (C=O) groups excluding carboxylic acids is 1. The van der Waals surface area contributed by atoms with Crippen molar-refractivity contribution in [3.63, 3.8) is 0 Å². The standard InChI is InChI=1S/C26H44O5/c1-2-3-4-5-6-7-8-9-10-11-12-13-23-18-22(28)20-26(30-23)17-16-25(31-26)15-14-21(27)19-24(25)29/h14-15,22-24,28-29H,2-13,16-20H2,1H3/t22-,23-,24-,25+,26-/m1/s1. The number of aliphatic hydroxyl groups excluding tert-OH is 2. The van der Waals surface area contributed by atoms with Gasteiger partial charge in [-0.15, -0.1) is 0 Å². The van der Waals surface area contributed by atoms with Crippen LogP contribution in [-0.4, -0.2) is 45.7 Å². The number of unbranched alkanes of at least 4 members (excludes halogenated alkanes) is 10. The van der Waals surface area contributed by atoms with Gasteiger partial charge in [0.05, 0.1) is 18.3 Å². The summed E-state index contributed by atoms with van der Waals surface area (Å²) in [6.07, 6.45) is 19.9. The number of aliphatic hydroxyl groups is 2. The van der Waals surface area contributed by atoms with Crippen LogP contribution < -0.4 is 0 Å². The molecule has 2 fully saturated rings. The van der Waals surface area contributed by atoms with Crippen LogP contribution in [0.5, 0.6) is 0 Å². The molecular weight excluding hydrogens is 392 g/mol. The fourth-order valence-corrected chi connectivity index (χ4v) is 5.55. The molecule has 0 aromatic rings. The van der Waals surface area contributed by atoms with E-state index < -0.39 is 23.6 Å². The molecule has 3 rings (SSSR count). The normalized spacial score (nSPS) is 35.5. The summed E-state index contributed by atoms with van der Waals surface area (Å²) in [5, 5.41) is 21.0. The second-order valence-electron chi connectivity index (χ2n) is 10.1. The lowest BCUT2D eigenvalue weighted by atomic mass is 9.85. The Hall–Kier alpha value is -0.750. The van der Waals surface area contributed by atoms with Crippen LogP contribution in [0.2, 0.25) is 0 Å². The minimum Gasteiger partial charge on any atom is -0.393 e. The maximum atomic E-state index is 11.6. The van der Waals surface area contributed by atoms with Crippen molar-refractivity contribution in [2.24, 2.45) is 0 Å². The Labute approximate surface area is 188 Å². The SMILES string of the molecule is CCCCCCCCCCCCC[C@@H]1C[C@@H](O)C[C@]2(CC[C@]3(C=CC(=O)C[C@H]3O)O2)O1. The fourth-order valence-electron chi connectivity index (χ4n) is 5.55. The van der Waals surface area contributed by atoms with Gasteiger partial charge < -0.3 is 19.7 Å². The summed E-state index contributed by atoms with van der Waals surface area (Å²) < 4.78 is 12.7. The van der Waals surface area contributed by atoms with Crippen molar-refractivity contribution in [3.8, 4) is 0 Å². The molecule has 1 aliphatic carbocycles. The van der Waals surface area contributed by atoms with Crippen LogP contribution in [0.1, 0.15) is 116 Å². The minimum atomic E-state index is -0.841. The Bertz CT molecular complexity index is 590. The van der Waals surface area contributed by atoms with Gasteiger partial charge in [0, 0.05) is 19.3 Å². The van der Waals surface area contributed by atoms with Crippen molar-refractivity contribution in [2.75, 3.05) is 0 Å². The Morgan fingerprint density at radius 3 is 2.26 bits per heavy atom. The Morgan fingerprint density at radius 1 is 0.968 bits per heavy atom. The zero-order valence-electron chi connectivity index (χ0n) is 19.5. The molecule has 2 spiro atoms. The summed E-state index contributed by atoms with van der Waals surface area (Å²) in [5.74, 6) is -0.895. The molecule has 2 aliphatic heterocycles. The van der Waals surface area contributed by atoms with Gasteiger partial charge in [0.1, 0.15) is 5.60 Å². The number of hydrogen-bond acceptors (Lipinski definition) is 5. The minimum absolute atomic E-state index is 0.00353. The van der Waals surface area contributed by atoms with Crippen molar-refractivity contribution in [2.45, 2.75) is 146 Å². The van der Waals surface area contributed by atoms with Crippen LogP contribution in [0.3, 0.4) is 0 Å². The third-order valence-electron chi connectivity index (χ3n) is 7.38. The smallest absolute Gasteiger partial charge is 0.172 e. The Morgan fingerprint density at radius 2 is 1.61 bits per heavy atom. The fraction of sp³-hybridized carbons (Fsp3) is 0.885. The molecule has 178 valence electrons. The van der Waals surface area contributed by atoms with E-state index in [-0.39, 0.29) is 18.3 Å². The van der Waals surface area contributed by atoms with Gasteiger partial charge in [-0.1, -0.05) is 77.6 Å². The highest BCUT2D eigenvalue weighted by atomic mass is 16.7. The van der Waals surface area contributed by atoms with Gasteiger partial charge in [-0.05, 0) is 31.4 Å². The molecule has 0 saturated carbocycles. The molecule has 5 heteroatoms. The highest BCUT2D eigenvalue weighted by molar-refractivity contribution is 5.91. The van der Waals surface area contributed by atoms with Crippen molar-refractivity contribution >= 4 is 5.78 Å². The molecule has 0 bridgehead atoms. The average Bonchev–Trinajstić information content (AvgIpc) is 3.07. The van der Waals surface area contributed by atoms with Crippen molar-refractivity contribution in [3.05, 3.63) is 12.2 Å². The molecule has 2 heterocycles. The summed E-state index contributed by atoms with van der Waals surface area (Å²) in [4.78, 5) is 11.6. The average molecular weight is 437 g/mol. The summed E-state index contributed by atoms with van der Waals surface area (Å²) in [6, 6.07) is 0. The molecule has 2 N–H and O–H groups in total. The quantitative estimate of drug-likeness (QED) is 0.403. The van der Waals surface area contributed by atoms with Crippen molar-refractivity contribution in [1.29, 1.82) is 0 Å². The molecule has 0 amide bonds. The van der Waals surface area contributed by atoms with Crippen LogP contribution in [0.15, 0.2) is 12.2 Å². The van der Waals surface area contributed by atoms with Crippen molar-refractivity contribution in [1.82, 2.24) is 0 Å². The van der Waals surface area contributed by atoms with E-state index in [9.17, 15) is 15.0 Å². The first-order valence-corrected chi connectivity index (χ1v) is 12.9. The number of ether oxygens (including phenoxy) is 2. The summed E-state index contributed by atoms with van der Waals surface area (Å²) in [7, 11) is 0. The first-order chi connectivity index (χ1) is 15.0. The van der Waals surface area contributed by atoms with E-state index in [1.807, 2.05) is 0 Å². The third kappa shape index (κ3) is 7.12. The number of carbonyl (C=O) groups is 1. The second kappa shape index (κ2) is 11.9. The van der Waals surface area contributed by atoms with E-state index in [4.69, 9.17) is 9.47 Å². The van der Waals surface area contributed by atoms with E-state index >= 15 is 0 Å². The predicted molar refractivity (Wildman–Crippen MR) is 122 cm³/mol. The number of rotatable bonds is 12. The van der Waals surface area contributed by atoms with Crippen LogP contribution in [0.25, 0.3) is 0 Å². The van der Waals surface area contributed by atoms with Gasteiger partial charge in [-0.25, -0.2) is 0 Å². The molecule has 0 radical (unpaired) electrons. The van der Waals surface area contributed by atoms with E-state index in [0.29, 0.717) is 25.7 Å². The Kier molecular flexibility index (Phi) is 9.57. The molecule has 31 heavy (non-hydrogen) atoms. The van der Waals surface area contributed by atoms with Gasteiger partial charge in [0.25, 0.3) is 0 Å². The summed E-state index contributed by atoms with van der Waals surface area (Å²) in [5.41, 5.74) is -0.841. The molecule has 0 aromatic carbocycles. The lowest BCUT2D eigenvalue weighted by molar-refractivity contribution is -0.306. The first kappa shape index (κ1) is 24.9. The molecule has 0 unspecified atom stereocenters. The van der Waals surface area contributed by atoms with E-state index in [1.165, 1.54) is 70.3 Å². The predicted octanol–water partition coefficient (Wildman–Crippen LogP) is 5.36. The molecule has 0 aromatic heterocycles. The van der Waals surface area contributed by atoms with Crippen LogP contribution >= 0.6 is 0 Å².